The number of amides is 2. The van der Waals surface area contributed by atoms with Gasteiger partial charge in [0.05, 0.1) is 6.61 Å². The fraction of sp³-hybridized carbons (Fsp3) is 0.467. The van der Waals surface area contributed by atoms with Crippen LogP contribution in [0.25, 0.3) is 0 Å². The lowest BCUT2D eigenvalue weighted by Gasteiger charge is -2.21. The Morgan fingerprint density at radius 2 is 1.85 bits per heavy atom. The van der Waals surface area contributed by atoms with E-state index in [1.54, 1.807) is 11.8 Å². The van der Waals surface area contributed by atoms with E-state index in [1.165, 1.54) is 12.5 Å². The number of aryl methyl sites for hydroxylation is 1. The molecule has 110 valence electrons. The van der Waals surface area contributed by atoms with Crippen LogP contribution in [0.1, 0.15) is 26.3 Å². The van der Waals surface area contributed by atoms with Gasteiger partial charge in [-0.05, 0) is 31.0 Å². The first-order valence-corrected chi connectivity index (χ1v) is 6.86. The summed E-state index contributed by atoms with van der Waals surface area (Å²) in [7, 11) is 0. The van der Waals surface area contributed by atoms with Crippen molar-refractivity contribution in [1.82, 2.24) is 5.32 Å². The molecule has 1 N–H and O–H groups in total. The van der Waals surface area contributed by atoms with Crippen LogP contribution in [-0.2, 0) is 16.0 Å². The number of carbonyl (C=O) groups is 2. The Balaban J connectivity index is 2.60. The zero-order chi connectivity index (χ0) is 15.0. The van der Waals surface area contributed by atoms with Gasteiger partial charge in [0.2, 0.25) is 5.91 Å². The zero-order valence-corrected chi connectivity index (χ0v) is 12.3. The van der Waals surface area contributed by atoms with Crippen molar-refractivity contribution in [2.45, 2.75) is 27.2 Å². The summed E-state index contributed by atoms with van der Waals surface area (Å²) in [5.41, 5.74) is 2.06. The minimum atomic E-state index is -0.461. The third kappa shape index (κ3) is 4.91. The molecule has 0 fully saturated rings. The standard InChI is InChI=1S/C15H22N2O3/c1-4-13-6-8-14(9-7-13)17(12(3)18)11-10-16-15(19)20-5-2/h6-9H,4-5,10-11H2,1-3H3,(H,16,19). The van der Waals surface area contributed by atoms with E-state index in [4.69, 9.17) is 4.74 Å². The highest BCUT2D eigenvalue weighted by molar-refractivity contribution is 5.91. The van der Waals surface area contributed by atoms with Gasteiger partial charge in [0, 0.05) is 25.7 Å². The first kappa shape index (κ1) is 16.0. The SMILES string of the molecule is CCOC(=O)NCCN(C(C)=O)c1ccc(CC)cc1. The van der Waals surface area contributed by atoms with E-state index in [0.717, 1.165) is 12.1 Å². The number of carbonyl (C=O) groups excluding carboxylic acids is 2. The summed E-state index contributed by atoms with van der Waals surface area (Å²) < 4.78 is 4.77. The van der Waals surface area contributed by atoms with Crippen LogP contribution in [0, 0.1) is 0 Å². The van der Waals surface area contributed by atoms with Gasteiger partial charge in [-0.25, -0.2) is 4.79 Å². The lowest BCUT2D eigenvalue weighted by atomic mass is 10.1. The lowest BCUT2D eigenvalue weighted by Crippen LogP contribution is -2.37. The summed E-state index contributed by atoms with van der Waals surface area (Å²) in [5, 5.41) is 2.61. The van der Waals surface area contributed by atoms with Gasteiger partial charge in [0.1, 0.15) is 0 Å². The average Bonchev–Trinajstić information content (AvgIpc) is 2.44. The van der Waals surface area contributed by atoms with Crippen molar-refractivity contribution in [2.75, 3.05) is 24.6 Å². The number of nitrogens with zero attached hydrogens (tertiary/aromatic N) is 1. The Morgan fingerprint density at radius 1 is 1.20 bits per heavy atom. The highest BCUT2D eigenvalue weighted by Crippen LogP contribution is 2.15. The molecule has 20 heavy (non-hydrogen) atoms. The molecule has 0 aliphatic heterocycles. The van der Waals surface area contributed by atoms with Crippen LogP contribution in [0.2, 0.25) is 0 Å². The topological polar surface area (TPSA) is 58.6 Å². The van der Waals surface area contributed by atoms with Crippen LogP contribution in [0.5, 0.6) is 0 Å². The molecular formula is C15H22N2O3. The van der Waals surface area contributed by atoms with Crippen molar-refractivity contribution in [3.63, 3.8) is 0 Å². The number of ether oxygens (including phenoxy) is 1. The highest BCUT2D eigenvalue weighted by Gasteiger charge is 2.11. The van der Waals surface area contributed by atoms with Crippen LogP contribution in [-0.4, -0.2) is 31.7 Å². The molecule has 5 nitrogen and oxygen atoms in total. The van der Waals surface area contributed by atoms with Gasteiger partial charge in [-0.3, -0.25) is 4.79 Å². The highest BCUT2D eigenvalue weighted by atomic mass is 16.5. The quantitative estimate of drug-likeness (QED) is 0.869. The predicted molar refractivity (Wildman–Crippen MR) is 78.9 cm³/mol. The molecule has 0 heterocycles. The number of anilines is 1. The van der Waals surface area contributed by atoms with E-state index in [0.29, 0.717) is 19.7 Å². The Morgan fingerprint density at radius 3 is 2.35 bits per heavy atom. The van der Waals surface area contributed by atoms with Gasteiger partial charge in [-0.15, -0.1) is 0 Å². The van der Waals surface area contributed by atoms with E-state index >= 15 is 0 Å². The number of nitrogens with one attached hydrogen (secondary N) is 1. The molecule has 0 saturated carbocycles. The third-order valence-electron chi connectivity index (χ3n) is 2.92. The van der Waals surface area contributed by atoms with E-state index < -0.39 is 6.09 Å². The summed E-state index contributed by atoms with van der Waals surface area (Å²) in [4.78, 5) is 24.5. The maximum Gasteiger partial charge on any atom is 0.407 e. The monoisotopic (exact) mass is 278 g/mol. The molecule has 0 bridgehead atoms. The Labute approximate surface area is 119 Å². The van der Waals surface area contributed by atoms with Gasteiger partial charge >= 0.3 is 6.09 Å². The normalized spacial score (nSPS) is 9.95. The number of benzene rings is 1. The number of hydrogen-bond donors (Lipinski definition) is 1. The molecule has 0 aliphatic carbocycles. The van der Waals surface area contributed by atoms with Gasteiger partial charge in [-0.1, -0.05) is 19.1 Å². The maximum atomic E-state index is 11.7. The van der Waals surface area contributed by atoms with E-state index in [-0.39, 0.29) is 5.91 Å². The summed E-state index contributed by atoms with van der Waals surface area (Å²) in [6.45, 7) is 6.45. The van der Waals surface area contributed by atoms with Gasteiger partial charge in [0.25, 0.3) is 0 Å². The van der Waals surface area contributed by atoms with Crippen LogP contribution in [0.4, 0.5) is 10.5 Å². The molecule has 0 unspecified atom stereocenters. The molecule has 0 aliphatic rings. The largest absolute Gasteiger partial charge is 0.450 e. The molecule has 0 spiro atoms. The number of rotatable bonds is 6. The molecule has 0 aromatic heterocycles. The third-order valence-corrected chi connectivity index (χ3v) is 2.92. The molecule has 2 amide bonds. The molecule has 0 saturated heterocycles. The van der Waals surface area contributed by atoms with Gasteiger partial charge in [-0.2, -0.15) is 0 Å². The second kappa shape index (κ2) is 8.19. The number of hydrogen-bond acceptors (Lipinski definition) is 3. The second-order valence-electron chi connectivity index (χ2n) is 4.34. The van der Waals surface area contributed by atoms with Crippen LogP contribution in [0.3, 0.4) is 0 Å². The molecule has 0 atom stereocenters. The van der Waals surface area contributed by atoms with Gasteiger partial charge in [0.15, 0.2) is 0 Å². The van der Waals surface area contributed by atoms with Crippen LogP contribution in [0.15, 0.2) is 24.3 Å². The Kier molecular flexibility index (Phi) is 6.56. The Bertz CT molecular complexity index is 443. The van der Waals surface area contributed by atoms with E-state index in [1.807, 2.05) is 24.3 Å². The second-order valence-corrected chi connectivity index (χ2v) is 4.34. The zero-order valence-electron chi connectivity index (χ0n) is 12.3. The minimum absolute atomic E-state index is 0.0556. The molecule has 1 rings (SSSR count). The fourth-order valence-corrected chi connectivity index (χ4v) is 1.83. The molecule has 0 radical (unpaired) electrons. The average molecular weight is 278 g/mol. The molecular weight excluding hydrogens is 256 g/mol. The van der Waals surface area contributed by atoms with Crippen molar-refractivity contribution in [2.24, 2.45) is 0 Å². The van der Waals surface area contributed by atoms with Crippen molar-refractivity contribution in [1.29, 1.82) is 0 Å². The number of alkyl carbamates (subject to hydrolysis) is 1. The van der Waals surface area contributed by atoms with Crippen molar-refractivity contribution in [3.8, 4) is 0 Å². The molecule has 1 aromatic rings. The summed E-state index contributed by atoms with van der Waals surface area (Å²) in [5.74, 6) is -0.0556. The van der Waals surface area contributed by atoms with Crippen molar-refractivity contribution in [3.05, 3.63) is 29.8 Å². The first-order chi connectivity index (χ1) is 9.58. The molecule has 1 aromatic carbocycles. The minimum Gasteiger partial charge on any atom is -0.450 e. The lowest BCUT2D eigenvalue weighted by molar-refractivity contribution is -0.116. The predicted octanol–water partition coefficient (Wildman–Crippen LogP) is 2.35. The summed E-state index contributed by atoms with van der Waals surface area (Å²) in [6.07, 6.45) is 0.502. The van der Waals surface area contributed by atoms with Crippen LogP contribution >= 0.6 is 0 Å². The van der Waals surface area contributed by atoms with E-state index in [2.05, 4.69) is 12.2 Å². The summed E-state index contributed by atoms with van der Waals surface area (Å²) >= 11 is 0. The first-order valence-electron chi connectivity index (χ1n) is 6.86. The Hall–Kier alpha value is -2.04. The van der Waals surface area contributed by atoms with Crippen LogP contribution < -0.4 is 10.2 Å². The molecule has 5 heteroatoms. The maximum absolute atomic E-state index is 11.7. The fourth-order valence-electron chi connectivity index (χ4n) is 1.83. The van der Waals surface area contributed by atoms with E-state index in [9.17, 15) is 9.59 Å². The smallest absolute Gasteiger partial charge is 0.407 e. The summed E-state index contributed by atoms with van der Waals surface area (Å²) in [6, 6.07) is 7.85. The van der Waals surface area contributed by atoms with Gasteiger partial charge < -0.3 is 15.0 Å². The van der Waals surface area contributed by atoms with Crippen molar-refractivity contribution >= 4 is 17.7 Å². The van der Waals surface area contributed by atoms with Crippen molar-refractivity contribution < 1.29 is 14.3 Å².